The van der Waals surface area contributed by atoms with Crippen molar-refractivity contribution in [3.05, 3.63) is 53.3 Å². The molecule has 2 aliphatic rings. The number of carbonyl (C=O) groups excluding carboxylic acids is 1. The quantitative estimate of drug-likeness (QED) is 0.850. The van der Waals surface area contributed by atoms with Gasteiger partial charge in [0.15, 0.2) is 0 Å². The fraction of sp³-hybridized carbons (Fsp3) is 0.421. The van der Waals surface area contributed by atoms with Gasteiger partial charge in [-0.15, -0.1) is 0 Å². The fourth-order valence-electron chi connectivity index (χ4n) is 3.67. The minimum Gasteiger partial charge on any atom is -0.340 e. The van der Waals surface area contributed by atoms with Crippen LogP contribution < -0.4 is 4.90 Å². The van der Waals surface area contributed by atoms with Crippen LogP contribution in [0.25, 0.3) is 0 Å². The predicted molar refractivity (Wildman–Crippen MR) is 92.7 cm³/mol. The Kier molecular flexibility index (Phi) is 3.92. The third kappa shape index (κ3) is 2.86. The van der Waals surface area contributed by atoms with Gasteiger partial charge in [0.1, 0.15) is 0 Å². The number of anilines is 1. The molecule has 1 aromatic carbocycles. The number of aryl methyl sites for hydroxylation is 1. The SMILES string of the molecule is Cc1ccnc(N2CCC(C(=O)N3CCc4ccccc4C3)C2)n1. The van der Waals surface area contributed by atoms with Crippen molar-refractivity contribution in [3.63, 3.8) is 0 Å². The molecule has 5 nitrogen and oxygen atoms in total. The molecule has 0 bridgehead atoms. The lowest BCUT2D eigenvalue weighted by Gasteiger charge is -2.31. The van der Waals surface area contributed by atoms with Crippen LogP contribution in [-0.4, -0.2) is 40.4 Å². The zero-order valence-electron chi connectivity index (χ0n) is 14.0. The molecule has 1 unspecified atom stereocenters. The minimum absolute atomic E-state index is 0.0550. The smallest absolute Gasteiger partial charge is 0.227 e. The van der Waals surface area contributed by atoms with E-state index in [9.17, 15) is 4.79 Å². The van der Waals surface area contributed by atoms with Crippen LogP contribution in [0.4, 0.5) is 5.95 Å². The van der Waals surface area contributed by atoms with Crippen LogP contribution in [0.5, 0.6) is 0 Å². The Labute approximate surface area is 142 Å². The highest BCUT2D eigenvalue weighted by Crippen LogP contribution is 2.25. The number of hydrogen-bond donors (Lipinski definition) is 0. The van der Waals surface area contributed by atoms with Crippen molar-refractivity contribution in [2.24, 2.45) is 5.92 Å². The summed E-state index contributed by atoms with van der Waals surface area (Å²) in [5.41, 5.74) is 3.62. The van der Waals surface area contributed by atoms with E-state index >= 15 is 0 Å². The monoisotopic (exact) mass is 322 g/mol. The first-order valence-corrected chi connectivity index (χ1v) is 8.61. The number of carbonyl (C=O) groups is 1. The molecule has 0 saturated carbocycles. The second-order valence-corrected chi connectivity index (χ2v) is 6.71. The van der Waals surface area contributed by atoms with E-state index in [1.165, 1.54) is 11.1 Å². The van der Waals surface area contributed by atoms with E-state index < -0.39 is 0 Å². The molecule has 0 N–H and O–H groups in total. The summed E-state index contributed by atoms with van der Waals surface area (Å²) in [4.78, 5) is 25.9. The van der Waals surface area contributed by atoms with E-state index in [0.29, 0.717) is 0 Å². The van der Waals surface area contributed by atoms with Crippen LogP contribution >= 0.6 is 0 Å². The van der Waals surface area contributed by atoms with Crippen molar-refractivity contribution >= 4 is 11.9 Å². The van der Waals surface area contributed by atoms with Crippen LogP contribution in [0.3, 0.4) is 0 Å². The summed E-state index contributed by atoms with van der Waals surface area (Å²) in [6, 6.07) is 10.3. The zero-order valence-corrected chi connectivity index (χ0v) is 14.0. The summed E-state index contributed by atoms with van der Waals surface area (Å²) < 4.78 is 0. The van der Waals surface area contributed by atoms with Gasteiger partial charge in [-0.05, 0) is 37.0 Å². The molecule has 1 atom stereocenters. The Morgan fingerprint density at radius 1 is 1.17 bits per heavy atom. The minimum atomic E-state index is 0.0550. The van der Waals surface area contributed by atoms with Gasteiger partial charge in [0.2, 0.25) is 11.9 Å². The van der Waals surface area contributed by atoms with Crippen molar-refractivity contribution in [1.82, 2.24) is 14.9 Å². The molecule has 1 amide bonds. The van der Waals surface area contributed by atoms with E-state index in [1.54, 1.807) is 6.20 Å². The molecule has 1 saturated heterocycles. The number of benzene rings is 1. The lowest BCUT2D eigenvalue weighted by atomic mass is 9.98. The maximum atomic E-state index is 12.9. The molecule has 2 aromatic rings. The number of nitrogens with zero attached hydrogens (tertiary/aromatic N) is 4. The molecule has 5 heteroatoms. The van der Waals surface area contributed by atoms with Crippen LogP contribution in [0, 0.1) is 12.8 Å². The molecule has 1 fully saturated rings. The fourth-order valence-corrected chi connectivity index (χ4v) is 3.67. The molecule has 1 aromatic heterocycles. The predicted octanol–water partition coefficient (Wildman–Crippen LogP) is 2.20. The van der Waals surface area contributed by atoms with Gasteiger partial charge in [-0.1, -0.05) is 24.3 Å². The first kappa shape index (κ1) is 15.1. The van der Waals surface area contributed by atoms with Crippen LogP contribution in [-0.2, 0) is 17.8 Å². The van der Waals surface area contributed by atoms with Crippen LogP contribution in [0.1, 0.15) is 23.2 Å². The van der Waals surface area contributed by atoms with Gasteiger partial charge < -0.3 is 9.80 Å². The van der Waals surface area contributed by atoms with Crippen molar-refractivity contribution in [2.45, 2.75) is 26.3 Å². The highest BCUT2D eigenvalue weighted by Gasteiger charge is 2.33. The molecule has 0 aliphatic carbocycles. The van der Waals surface area contributed by atoms with Gasteiger partial charge in [0, 0.05) is 38.1 Å². The third-order valence-electron chi connectivity index (χ3n) is 5.04. The molecule has 124 valence electrons. The van der Waals surface area contributed by atoms with Crippen molar-refractivity contribution in [3.8, 4) is 0 Å². The summed E-state index contributed by atoms with van der Waals surface area (Å²) in [6.07, 6.45) is 3.63. The van der Waals surface area contributed by atoms with Gasteiger partial charge in [0.05, 0.1) is 5.92 Å². The summed E-state index contributed by atoms with van der Waals surface area (Å²) in [6.45, 7) is 5.11. The standard InChI is InChI=1S/C19H22N4O/c1-14-6-9-20-19(21-14)23-11-8-17(13-23)18(24)22-10-7-15-4-2-3-5-16(15)12-22/h2-6,9,17H,7-8,10-13H2,1H3. The first-order chi connectivity index (χ1) is 11.7. The molecule has 0 spiro atoms. The maximum Gasteiger partial charge on any atom is 0.227 e. The molecule has 4 rings (SSSR count). The van der Waals surface area contributed by atoms with Gasteiger partial charge in [0.25, 0.3) is 0 Å². The zero-order chi connectivity index (χ0) is 16.5. The largest absolute Gasteiger partial charge is 0.340 e. The van der Waals surface area contributed by atoms with Crippen molar-refractivity contribution < 1.29 is 4.79 Å². The number of hydrogen-bond acceptors (Lipinski definition) is 4. The Morgan fingerprint density at radius 3 is 2.83 bits per heavy atom. The summed E-state index contributed by atoms with van der Waals surface area (Å²) in [7, 11) is 0. The van der Waals surface area contributed by atoms with E-state index in [-0.39, 0.29) is 11.8 Å². The average molecular weight is 322 g/mol. The Balaban J connectivity index is 1.43. The van der Waals surface area contributed by atoms with E-state index in [1.807, 2.05) is 17.9 Å². The molecule has 24 heavy (non-hydrogen) atoms. The third-order valence-corrected chi connectivity index (χ3v) is 5.04. The number of aromatic nitrogens is 2. The number of fused-ring (bicyclic) bond motifs is 1. The molecular weight excluding hydrogens is 300 g/mol. The average Bonchev–Trinajstić information content (AvgIpc) is 3.11. The first-order valence-electron chi connectivity index (χ1n) is 8.61. The molecule has 3 heterocycles. The van der Waals surface area contributed by atoms with E-state index in [2.05, 4.69) is 39.1 Å². The second-order valence-electron chi connectivity index (χ2n) is 6.71. The van der Waals surface area contributed by atoms with Gasteiger partial charge >= 0.3 is 0 Å². The lowest BCUT2D eigenvalue weighted by molar-refractivity contribution is -0.135. The topological polar surface area (TPSA) is 49.3 Å². The summed E-state index contributed by atoms with van der Waals surface area (Å²) >= 11 is 0. The normalized spacial score (nSPS) is 20.1. The Hall–Kier alpha value is -2.43. The Bertz CT molecular complexity index is 761. The maximum absolute atomic E-state index is 12.9. The Morgan fingerprint density at radius 2 is 2.00 bits per heavy atom. The summed E-state index contributed by atoms with van der Waals surface area (Å²) in [5, 5.41) is 0. The summed E-state index contributed by atoms with van der Waals surface area (Å²) in [5.74, 6) is 1.08. The van der Waals surface area contributed by atoms with E-state index in [4.69, 9.17) is 0 Å². The van der Waals surface area contributed by atoms with Crippen molar-refractivity contribution in [2.75, 3.05) is 24.5 Å². The molecule has 0 radical (unpaired) electrons. The van der Waals surface area contributed by atoms with Gasteiger partial charge in [-0.25, -0.2) is 9.97 Å². The number of rotatable bonds is 2. The van der Waals surface area contributed by atoms with Gasteiger partial charge in [-0.3, -0.25) is 4.79 Å². The number of amides is 1. The van der Waals surface area contributed by atoms with Crippen LogP contribution in [0.15, 0.2) is 36.5 Å². The van der Waals surface area contributed by atoms with Gasteiger partial charge in [-0.2, -0.15) is 0 Å². The lowest BCUT2D eigenvalue weighted by Crippen LogP contribution is -2.40. The van der Waals surface area contributed by atoms with Crippen LogP contribution in [0.2, 0.25) is 0 Å². The molecular formula is C19H22N4O. The highest BCUT2D eigenvalue weighted by molar-refractivity contribution is 5.80. The second kappa shape index (κ2) is 6.23. The van der Waals surface area contributed by atoms with E-state index in [0.717, 1.165) is 50.7 Å². The van der Waals surface area contributed by atoms with Crippen molar-refractivity contribution in [1.29, 1.82) is 0 Å². The highest BCUT2D eigenvalue weighted by atomic mass is 16.2. The molecule has 2 aliphatic heterocycles.